The number of hydrogen-bond donors (Lipinski definition) is 4. The van der Waals surface area contributed by atoms with Crippen molar-refractivity contribution in [1.82, 2.24) is 15.3 Å². The Morgan fingerprint density at radius 1 is 1.18 bits per heavy atom. The molecule has 0 aliphatic heterocycles. The van der Waals surface area contributed by atoms with E-state index in [1.807, 2.05) is 0 Å². The van der Waals surface area contributed by atoms with E-state index in [4.69, 9.17) is 21.5 Å². The molecule has 2 aromatic carbocycles. The van der Waals surface area contributed by atoms with Gasteiger partial charge in [-0.1, -0.05) is 17.7 Å². The number of halogens is 2. The zero-order valence-electron chi connectivity index (χ0n) is 17.5. The van der Waals surface area contributed by atoms with E-state index in [0.717, 1.165) is 6.20 Å². The molecule has 0 aliphatic carbocycles. The molecule has 33 heavy (non-hydrogen) atoms. The van der Waals surface area contributed by atoms with E-state index in [9.17, 15) is 17.6 Å². The van der Waals surface area contributed by atoms with Gasteiger partial charge in [-0.25, -0.2) is 22.9 Å². The number of amides is 1. The van der Waals surface area contributed by atoms with Crippen LogP contribution in [0.1, 0.15) is 5.56 Å². The number of hydrogen-bond acceptors (Lipinski definition) is 8. The van der Waals surface area contributed by atoms with Crippen LogP contribution in [0.3, 0.4) is 0 Å². The SMILES string of the molecule is CNC(=O)COc1ccc(Nc2nc(Nc3ccc(C)c(S(N)(=O)=O)c3)ncc2F)cc1Cl. The molecule has 174 valence electrons. The van der Waals surface area contributed by atoms with Gasteiger partial charge in [0.05, 0.1) is 16.1 Å². The summed E-state index contributed by atoms with van der Waals surface area (Å²) in [6.07, 6.45) is 0.953. The highest BCUT2D eigenvalue weighted by molar-refractivity contribution is 7.89. The Morgan fingerprint density at radius 2 is 1.88 bits per heavy atom. The van der Waals surface area contributed by atoms with E-state index < -0.39 is 15.8 Å². The molecule has 0 saturated carbocycles. The molecule has 3 aromatic rings. The third-order valence-corrected chi connectivity index (χ3v) is 5.68. The van der Waals surface area contributed by atoms with E-state index in [-0.39, 0.29) is 39.9 Å². The Morgan fingerprint density at radius 3 is 2.55 bits per heavy atom. The number of nitrogens with zero attached hydrogens (tertiary/aromatic N) is 2. The largest absolute Gasteiger partial charge is 0.482 e. The maximum absolute atomic E-state index is 14.3. The van der Waals surface area contributed by atoms with Gasteiger partial charge in [-0.2, -0.15) is 4.98 Å². The van der Waals surface area contributed by atoms with Crippen molar-refractivity contribution in [2.24, 2.45) is 5.14 Å². The maximum Gasteiger partial charge on any atom is 0.257 e. The summed E-state index contributed by atoms with van der Waals surface area (Å²) in [5.41, 5.74) is 1.23. The Bertz CT molecular complexity index is 1310. The number of carbonyl (C=O) groups excluding carboxylic acids is 1. The lowest BCUT2D eigenvalue weighted by atomic mass is 10.2. The minimum absolute atomic E-state index is 0.0137. The molecule has 0 spiro atoms. The van der Waals surface area contributed by atoms with Gasteiger partial charge in [-0.05, 0) is 42.8 Å². The van der Waals surface area contributed by atoms with E-state index in [0.29, 0.717) is 16.9 Å². The lowest BCUT2D eigenvalue weighted by Gasteiger charge is -2.12. The Hall–Kier alpha value is -3.48. The van der Waals surface area contributed by atoms with Gasteiger partial charge in [0.1, 0.15) is 5.75 Å². The van der Waals surface area contributed by atoms with Gasteiger partial charge in [0.25, 0.3) is 5.91 Å². The number of benzene rings is 2. The summed E-state index contributed by atoms with van der Waals surface area (Å²) in [6.45, 7) is 1.41. The molecule has 5 N–H and O–H groups in total. The summed E-state index contributed by atoms with van der Waals surface area (Å²) >= 11 is 6.17. The average Bonchev–Trinajstić information content (AvgIpc) is 2.75. The van der Waals surface area contributed by atoms with Crippen LogP contribution in [0.5, 0.6) is 5.75 Å². The number of nitrogens with two attached hydrogens (primary N) is 1. The summed E-state index contributed by atoms with van der Waals surface area (Å²) in [5.74, 6) is -0.908. The monoisotopic (exact) mass is 494 g/mol. The van der Waals surface area contributed by atoms with Crippen molar-refractivity contribution in [1.29, 1.82) is 0 Å². The molecule has 3 rings (SSSR count). The van der Waals surface area contributed by atoms with Crippen molar-refractivity contribution in [2.45, 2.75) is 11.8 Å². The minimum Gasteiger partial charge on any atom is -0.482 e. The van der Waals surface area contributed by atoms with Crippen molar-refractivity contribution in [3.63, 3.8) is 0 Å². The molecule has 10 nitrogen and oxygen atoms in total. The molecule has 0 atom stereocenters. The first-order valence-corrected chi connectivity index (χ1v) is 11.3. The Labute approximate surface area is 194 Å². The lowest BCUT2D eigenvalue weighted by molar-refractivity contribution is -0.122. The molecule has 1 amide bonds. The van der Waals surface area contributed by atoms with Crippen LogP contribution in [0.4, 0.5) is 27.5 Å². The Kier molecular flexibility index (Phi) is 7.31. The molecule has 0 radical (unpaired) electrons. The average molecular weight is 495 g/mol. The fourth-order valence-electron chi connectivity index (χ4n) is 2.68. The second kappa shape index (κ2) is 9.98. The quantitative estimate of drug-likeness (QED) is 0.373. The van der Waals surface area contributed by atoms with E-state index >= 15 is 0 Å². The lowest BCUT2D eigenvalue weighted by Crippen LogP contribution is -2.24. The first-order chi connectivity index (χ1) is 15.6. The highest BCUT2D eigenvalue weighted by Crippen LogP contribution is 2.30. The van der Waals surface area contributed by atoms with Crippen LogP contribution in [-0.4, -0.2) is 37.9 Å². The van der Waals surface area contributed by atoms with Crippen LogP contribution in [0.15, 0.2) is 47.5 Å². The molecule has 0 fully saturated rings. The molecular formula is C20H20ClFN6O4S. The number of anilines is 4. The number of primary sulfonamides is 1. The van der Waals surface area contributed by atoms with Crippen molar-refractivity contribution >= 4 is 50.7 Å². The highest BCUT2D eigenvalue weighted by Gasteiger charge is 2.14. The van der Waals surface area contributed by atoms with Gasteiger partial charge >= 0.3 is 0 Å². The van der Waals surface area contributed by atoms with Crippen LogP contribution in [0.25, 0.3) is 0 Å². The number of ether oxygens (including phenoxy) is 1. The Balaban J connectivity index is 1.79. The van der Waals surface area contributed by atoms with E-state index in [1.165, 1.54) is 25.2 Å². The maximum atomic E-state index is 14.3. The number of likely N-dealkylation sites (N-methyl/N-ethyl adjacent to an activating group) is 1. The highest BCUT2D eigenvalue weighted by atomic mass is 35.5. The zero-order valence-corrected chi connectivity index (χ0v) is 19.1. The van der Waals surface area contributed by atoms with Gasteiger partial charge in [0.2, 0.25) is 16.0 Å². The second-order valence-electron chi connectivity index (χ2n) is 6.77. The second-order valence-corrected chi connectivity index (χ2v) is 8.71. The van der Waals surface area contributed by atoms with Gasteiger partial charge in [-0.3, -0.25) is 4.79 Å². The van der Waals surface area contributed by atoms with Gasteiger partial charge in [0, 0.05) is 18.4 Å². The fourth-order valence-corrected chi connectivity index (χ4v) is 3.72. The molecule has 0 bridgehead atoms. The first-order valence-electron chi connectivity index (χ1n) is 9.40. The fraction of sp³-hybridized carbons (Fsp3) is 0.150. The molecular weight excluding hydrogens is 475 g/mol. The standard InChI is InChI=1S/C20H20ClFN6O4S/c1-11-3-4-13(8-17(11)33(23,30)31)27-20-25-9-15(22)19(28-20)26-12-5-6-16(14(21)7-12)32-10-18(29)24-2/h3-9H,10H2,1-2H3,(H,24,29)(H2,23,30,31)(H2,25,26,27,28). The summed E-state index contributed by atoms with van der Waals surface area (Å²) in [5, 5.41) is 13.5. The number of nitrogens with one attached hydrogen (secondary N) is 3. The summed E-state index contributed by atoms with van der Waals surface area (Å²) in [6, 6.07) is 9.09. The van der Waals surface area contributed by atoms with Crippen molar-refractivity contribution in [2.75, 3.05) is 24.3 Å². The number of aromatic nitrogens is 2. The van der Waals surface area contributed by atoms with Crippen molar-refractivity contribution in [3.05, 3.63) is 59.0 Å². The van der Waals surface area contributed by atoms with Crippen LogP contribution in [-0.2, 0) is 14.8 Å². The van der Waals surface area contributed by atoms with Gasteiger partial charge in [0.15, 0.2) is 18.2 Å². The third kappa shape index (κ3) is 6.28. The van der Waals surface area contributed by atoms with E-state index in [1.54, 1.807) is 25.1 Å². The van der Waals surface area contributed by atoms with Crippen LogP contribution in [0.2, 0.25) is 5.02 Å². The molecule has 0 aliphatic rings. The summed E-state index contributed by atoms with van der Waals surface area (Å²) < 4.78 is 43.0. The number of rotatable bonds is 8. The van der Waals surface area contributed by atoms with E-state index in [2.05, 4.69) is 25.9 Å². The minimum atomic E-state index is -3.92. The molecule has 0 unspecified atom stereocenters. The number of sulfonamides is 1. The molecule has 13 heteroatoms. The van der Waals surface area contributed by atoms with Crippen LogP contribution >= 0.6 is 11.6 Å². The van der Waals surface area contributed by atoms with Gasteiger partial charge in [-0.15, -0.1) is 0 Å². The van der Waals surface area contributed by atoms with Crippen LogP contribution in [0, 0.1) is 12.7 Å². The molecule has 1 aromatic heterocycles. The smallest absolute Gasteiger partial charge is 0.257 e. The topological polar surface area (TPSA) is 148 Å². The zero-order chi connectivity index (χ0) is 24.2. The molecule has 0 saturated heterocycles. The predicted molar refractivity (Wildman–Crippen MR) is 122 cm³/mol. The third-order valence-electron chi connectivity index (χ3n) is 4.33. The normalized spacial score (nSPS) is 11.1. The van der Waals surface area contributed by atoms with Crippen LogP contribution < -0.4 is 25.8 Å². The number of carbonyl (C=O) groups is 1. The summed E-state index contributed by atoms with van der Waals surface area (Å²) in [4.78, 5) is 19.2. The summed E-state index contributed by atoms with van der Waals surface area (Å²) in [7, 11) is -2.44. The molecule has 1 heterocycles. The first kappa shape index (κ1) is 24.2. The van der Waals surface area contributed by atoms with Crippen molar-refractivity contribution < 1.29 is 22.3 Å². The number of aryl methyl sites for hydroxylation is 1. The van der Waals surface area contributed by atoms with Gasteiger partial charge < -0.3 is 20.7 Å². The van der Waals surface area contributed by atoms with Crippen molar-refractivity contribution in [3.8, 4) is 5.75 Å². The predicted octanol–water partition coefficient (Wildman–Crippen LogP) is 2.84.